The molecule has 0 saturated carbocycles. The first-order chi connectivity index (χ1) is 66.3. The second kappa shape index (κ2) is 55.3. The molecule has 0 aliphatic carbocycles. The zero-order valence-corrected chi connectivity index (χ0v) is 87.3. The van der Waals surface area contributed by atoms with Gasteiger partial charge in [0.05, 0.1) is 91.8 Å². The molecule has 25 nitrogen and oxygen atoms in total. The van der Waals surface area contributed by atoms with Crippen LogP contribution < -0.4 is 31.0 Å². The first kappa shape index (κ1) is 118. The van der Waals surface area contributed by atoms with E-state index in [1.54, 1.807) is 26.8 Å². The molecule has 10 heterocycles. The number of halogens is 5. The molecule has 774 valence electrons. The average Bonchev–Trinajstić information content (AvgIpc) is 1.62. The van der Waals surface area contributed by atoms with Crippen LogP contribution in [0.3, 0.4) is 0 Å². The Balaban J connectivity index is 0.000000383. The third kappa shape index (κ3) is 31.4. The molecule has 3 N–H and O–H groups in total. The third-order valence-corrected chi connectivity index (χ3v) is 25.4. The van der Waals surface area contributed by atoms with E-state index in [0.29, 0.717) is 189 Å². The number of anilines is 1. The van der Waals surface area contributed by atoms with Gasteiger partial charge in [0, 0.05) is 75.6 Å². The molecule has 4 aliphatic heterocycles. The second-order valence-corrected chi connectivity index (χ2v) is 36.5. The number of rotatable bonds is 42. The first-order valence-corrected chi connectivity index (χ1v) is 48.1. The van der Waals surface area contributed by atoms with E-state index in [1.807, 2.05) is 150 Å². The molecule has 0 fully saturated rings. The Morgan fingerprint density at radius 1 is 0.322 bits per heavy atom. The fourth-order valence-corrected chi connectivity index (χ4v) is 17.0. The number of carbonyl (C=O) groups is 8. The monoisotopic (exact) mass is 2240 g/mol. The number of aryl methyl sites for hydroxylation is 8. The van der Waals surface area contributed by atoms with Gasteiger partial charge in [-0.2, -0.15) is 0 Å². The largest absolute Gasteiger partial charge is 2.00 e. The van der Waals surface area contributed by atoms with E-state index < -0.39 is 53.6 Å². The number of amides is 1. The number of hydrogen-bond acceptors (Lipinski definition) is 20. The van der Waals surface area contributed by atoms with Crippen molar-refractivity contribution in [2.24, 2.45) is 17.8 Å². The molecular weight excluding hydrogens is 2110 g/mol. The van der Waals surface area contributed by atoms with Crippen LogP contribution in [-0.4, -0.2) is 120 Å². The summed E-state index contributed by atoms with van der Waals surface area (Å²) in [5, 5.41) is 3.06. The smallest absolute Gasteiger partial charge is 0.657 e. The maximum atomic E-state index is 14.4. The summed E-state index contributed by atoms with van der Waals surface area (Å²) in [5.41, 5.74) is 29.5. The molecule has 12 rings (SSSR count). The maximum Gasteiger partial charge on any atom is 2.00 e. The summed E-state index contributed by atoms with van der Waals surface area (Å²) in [4.78, 5) is 145. The van der Waals surface area contributed by atoms with Crippen LogP contribution in [0.4, 0.5) is 27.6 Å². The molecule has 143 heavy (non-hydrogen) atoms. The molecule has 2 aromatic carbocycles. The number of nitrogens with one attached hydrogen (secondary N) is 1. The summed E-state index contributed by atoms with van der Waals surface area (Å²) in [6.45, 7) is 34.9. The molecule has 8 aromatic rings. The van der Waals surface area contributed by atoms with Gasteiger partial charge in [-0.05, 0) is 233 Å². The molecule has 0 atom stereocenters. The molecule has 0 unspecified atom stereocenters. The first-order valence-electron chi connectivity index (χ1n) is 48.1. The molecule has 6 aromatic heterocycles. The predicted octanol–water partition coefficient (Wildman–Crippen LogP) is 22.1. The van der Waals surface area contributed by atoms with Crippen LogP contribution in [0.25, 0.3) is 88.7 Å². The quantitative estimate of drug-likeness (QED) is 0.00682. The number of esters is 7. The van der Waals surface area contributed by atoms with Crippen LogP contribution in [-0.2, 0) is 152 Å². The molecule has 1 amide bonds. The summed E-state index contributed by atoms with van der Waals surface area (Å²) in [6, 6.07) is 22.8. The van der Waals surface area contributed by atoms with E-state index in [2.05, 4.69) is 19.2 Å². The minimum Gasteiger partial charge on any atom is -0.657 e. The number of hydrogen-bond donors (Lipinski definition) is 2. The number of fused-ring (bicyclic) bond motifs is 16. The minimum absolute atomic E-state index is 0. The summed E-state index contributed by atoms with van der Waals surface area (Å²) >= 11 is 0. The van der Waals surface area contributed by atoms with Crippen molar-refractivity contribution in [3.8, 4) is 0 Å². The van der Waals surface area contributed by atoms with Crippen molar-refractivity contribution >= 4 is 142 Å². The number of benzene rings is 2. The molecule has 0 saturated heterocycles. The molecular formula is C111H135F5N10O15PdPt. The standard InChI is InChI=1S/C59H69F5N4O8.C50H59N6O7.2CH4.Pd.Pt/c1-31(2)19-23-73-51(69)15-11-38-34(7)43-28-48-40(13-17-53(71)75-25-21-33(5)6)36(9)45(67-48)30-50-41(14-18-54(72)76-26-22-42-55(60)57(62)59(64)58(63)56(42)61)37(10)46(68-50)29-49-39(12-16-52(70)74-24-20-32(3)4)35(8)44(66-49)27-47(38)65-43;1-8-61-48(58)20-16-36-30(5)40-25-43-35(15-19-47(57)52-24-23-33-11-13-34(51)14-12-33)29(4)39(53-43)26-44-37(17-21-49(59)62-9-2)31(6)41(55-44)28-46-38(18-22-50(60)63-10-3)32(7)42(56-46)27-45(36)54-40;;;;/h27-33H,11-26H2,1-10H3;11-14,25-28H,8-10,15-24,51H2,1-7H3,(H2-,52,53,54,55,56,57);2*1H4;;/q-2;-1;;;2*+2/p-1. The van der Waals surface area contributed by atoms with Crippen molar-refractivity contribution in [3.63, 3.8) is 0 Å². The molecule has 0 spiro atoms. The number of aromatic nitrogens is 8. The van der Waals surface area contributed by atoms with E-state index in [-0.39, 0.29) is 189 Å². The second-order valence-electron chi connectivity index (χ2n) is 36.5. The van der Waals surface area contributed by atoms with Crippen LogP contribution in [0.2, 0.25) is 0 Å². The number of nitrogens with zero attached hydrogens (tertiary/aromatic N) is 8. The van der Waals surface area contributed by atoms with Gasteiger partial charge in [0.15, 0.2) is 23.3 Å². The van der Waals surface area contributed by atoms with Gasteiger partial charge in [0.1, 0.15) is 0 Å². The van der Waals surface area contributed by atoms with Crippen LogP contribution in [0, 0.1) is 74.5 Å². The Bertz CT molecular complexity index is 6450. The van der Waals surface area contributed by atoms with Gasteiger partial charge in [-0.25, -0.2) is 41.9 Å². The number of allylic oxidation sites excluding steroid dienone is 8. The third-order valence-electron chi connectivity index (χ3n) is 25.4. The predicted molar refractivity (Wildman–Crippen MR) is 540 cm³/mol. The van der Waals surface area contributed by atoms with Crippen molar-refractivity contribution < 1.29 is 135 Å². The summed E-state index contributed by atoms with van der Waals surface area (Å²) in [7, 11) is 0. The molecule has 32 heteroatoms. The van der Waals surface area contributed by atoms with E-state index in [1.165, 1.54) is 0 Å². The maximum absolute atomic E-state index is 14.4. The fraction of sp³-hybridized carbons (Fsp3) is 0.459. The molecule has 0 radical (unpaired) electrons. The van der Waals surface area contributed by atoms with Crippen molar-refractivity contribution in [2.45, 2.75) is 267 Å². The molecule has 16 bridgehead atoms. The Morgan fingerprint density at radius 2 is 0.566 bits per heavy atom. The molecule has 4 aliphatic rings. The van der Waals surface area contributed by atoms with Gasteiger partial charge in [-0.1, -0.05) is 162 Å². The fourth-order valence-electron chi connectivity index (χ4n) is 17.0. The van der Waals surface area contributed by atoms with Gasteiger partial charge in [0.2, 0.25) is 11.7 Å². The number of ether oxygens (including phenoxy) is 7. The van der Waals surface area contributed by atoms with Gasteiger partial charge in [0.25, 0.3) is 0 Å². The average molecular weight is 2250 g/mol. The Kier molecular flexibility index (Phi) is 45.7. The van der Waals surface area contributed by atoms with Gasteiger partial charge >= 0.3 is 83.3 Å². The van der Waals surface area contributed by atoms with Crippen LogP contribution in [0.15, 0.2) is 72.8 Å². The van der Waals surface area contributed by atoms with E-state index in [0.717, 1.165) is 103 Å². The van der Waals surface area contributed by atoms with Crippen molar-refractivity contribution in [3.05, 3.63) is 203 Å². The summed E-state index contributed by atoms with van der Waals surface area (Å²) in [5.74, 6) is -12.2. The number of carbonyl (C=O) groups excluding carboxylic acids is 8. The van der Waals surface area contributed by atoms with Crippen LogP contribution >= 0.6 is 0 Å². The topological polar surface area (TPSA) is 347 Å². The number of nitrogens with two attached hydrogens (primary N) is 1. The van der Waals surface area contributed by atoms with Gasteiger partial charge in [-0.15, -0.1) is 44.1 Å². The van der Waals surface area contributed by atoms with Crippen LogP contribution in [0.1, 0.15) is 302 Å². The van der Waals surface area contributed by atoms with Crippen LogP contribution in [0.5, 0.6) is 0 Å². The minimum atomic E-state index is -2.28. The van der Waals surface area contributed by atoms with E-state index >= 15 is 0 Å². The van der Waals surface area contributed by atoms with E-state index in [9.17, 15) is 60.3 Å². The number of nitrogen functional groups attached to an aromatic ring is 1. The summed E-state index contributed by atoms with van der Waals surface area (Å²) in [6.07, 6.45) is 5.47. The van der Waals surface area contributed by atoms with Crippen molar-refractivity contribution in [1.29, 1.82) is 0 Å². The Hall–Kier alpha value is -11.8. The zero-order chi connectivity index (χ0) is 101. The van der Waals surface area contributed by atoms with Crippen molar-refractivity contribution in [1.82, 2.24) is 45.2 Å². The summed E-state index contributed by atoms with van der Waals surface area (Å²) < 4.78 is 108. The van der Waals surface area contributed by atoms with Gasteiger partial charge in [-0.3, -0.25) is 38.4 Å². The Labute approximate surface area is 863 Å². The zero-order valence-electron chi connectivity index (χ0n) is 83.5. The van der Waals surface area contributed by atoms with Gasteiger partial charge < -0.3 is 64.1 Å². The SMILES string of the molecule is C.C.CC1=C(CCC(=O)OCCc2c(F)c(F)c(F)c(F)c2F)c2cc3[n-]c(cc4nc(cc5[n-]c(cc1n2)c(CCC(=O)OCCC(C)C)c5C)C(CCC(=O)OCCC(C)C)=C4C)c(CCC(=O)OCCC(C)C)c3C.CCOC(=O)CCC1=C(C)c2cc3[n-]c(cc4nc(cc5[n-]c(cc1n2)c(C)c5CCC(=O)NCCc1ccc(N)cc1)C(C)=C4CCC(=O)OCC)c(C)c3CCC(=O)OCC.[Pd+2].[Pt+2]. The van der Waals surface area contributed by atoms with E-state index in [4.69, 9.17) is 78.8 Å². The van der Waals surface area contributed by atoms with Crippen molar-refractivity contribution in [2.75, 3.05) is 58.5 Å². The normalized spacial score (nSPS) is 12.2. The Morgan fingerprint density at radius 3 is 0.839 bits per heavy atom.